The van der Waals surface area contributed by atoms with Crippen LogP contribution >= 0.6 is 0 Å². The van der Waals surface area contributed by atoms with Crippen molar-refractivity contribution in [3.05, 3.63) is 190 Å². The molecule has 0 spiro atoms. The van der Waals surface area contributed by atoms with Gasteiger partial charge in [-0.05, 0) is 78.9 Å². The molecule has 0 heterocycles. The van der Waals surface area contributed by atoms with Crippen LogP contribution in [-0.2, 0) is 0 Å². The van der Waals surface area contributed by atoms with Crippen LogP contribution in [0.3, 0.4) is 0 Å². The summed E-state index contributed by atoms with van der Waals surface area (Å²) in [5, 5.41) is 0. The summed E-state index contributed by atoms with van der Waals surface area (Å²) in [5.41, 5.74) is 17.3. The predicted octanol–water partition coefficient (Wildman–Crippen LogP) is 9.89. The first-order valence-corrected chi connectivity index (χ1v) is 14.4. The van der Waals surface area contributed by atoms with Crippen LogP contribution in [0.15, 0.2) is 146 Å². The molecule has 12 rings (SSSR count). The lowest BCUT2D eigenvalue weighted by Crippen LogP contribution is -2.35. The molecule has 0 aliphatic heterocycles. The standard InChI is InChI=1S/C40H28/c1-3-13-25(14-4-1)33-23-35-36(24-34(33)26-15-5-2-6-16-26)40-32-22-12-11-21-31(32)39(35)37-27-17-7-9-19-29(27)38(40)30-20-10-8-18-28(30)37/h1-24,37-40H/t37?,38?,39-,40+. The van der Waals surface area contributed by atoms with E-state index in [2.05, 4.69) is 146 Å². The Morgan fingerprint density at radius 3 is 0.800 bits per heavy atom. The summed E-state index contributed by atoms with van der Waals surface area (Å²) in [6.07, 6.45) is 0. The minimum absolute atomic E-state index is 0.262. The monoisotopic (exact) mass is 508 g/mol. The minimum Gasteiger partial charge on any atom is -0.0622 e. The molecule has 0 aromatic heterocycles. The van der Waals surface area contributed by atoms with Crippen LogP contribution in [0.5, 0.6) is 0 Å². The number of rotatable bonds is 2. The van der Waals surface area contributed by atoms with E-state index in [0.717, 1.165) is 0 Å². The highest BCUT2D eigenvalue weighted by Gasteiger charge is 2.49. The summed E-state index contributed by atoms with van der Waals surface area (Å²) in [4.78, 5) is 0. The van der Waals surface area contributed by atoms with Gasteiger partial charge in [0.05, 0.1) is 0 Å². The van der Waals surface area contributed by atoms with Gasteiger partial charge in [0.25, 0.3) is 0 Å². The Hall–Kier alpha value is -4.68. The lowest BCUT2D eigenvalue weighted by Gasteiger charge is -2.50. The van der Waals surface area contributed by atoms with Crippen LogP contribution in [-0.4, -0.2) is 0 Å². The van der Waals surface area contributed by atoms with Gasteiger partial charge in [-0.25, -0.2) is 0 Å². The van der Waals surface area contributed by atoms with Gasteiger partial charge in [-0.2, -0.15) is 0 Å². The first kappa shape index (κ1) is 22.2. The summed E-state index contributed by atoms with van der Waals surface area (Å²) < 4.78 is 0. The van der Waals surface area contributed by atoms with Gasteiger partial charge in [0.15, 0.2) is 0 Å². The van der Waals surface area contributed by atoms with E-state index in [1.54, 1.807) is 0 Å². The molecule has 6 aromatic carbocycles. The van der Waals surface area contributed by atoms with E-state index in [9.17, 15) is 0 Å². The third-order valence-corrected chi connectivity index (χ3v) is 9.73. The van der Waals surface area contributed by atoms with Gasteiger partial charge >= 0.3 is 0 Å². The van der Waals surface area contributed by atoms with E-state index < -0.39 is 0 Å². The summed E-state index contributed by atoms with van der Waals surface area (Å²) in [6.45, 7) is 0. The van der Waals surface area contributed by atoms with Crippen LogP contribution in [0, 0.1) is 0 Å². The molecular weight excluding hydrogens is 480 g/mol. The molecule has 0 unspecified atom stereocenters. The predicted molar refractivity (Wildman–Crippen MR) is 164 cm³/mol. The maximum atomic E-state index is 2.56. The van der Waals surface area contributed by atoms with Crippen molar-refractivity contribution in [3.8, 4) is 22.3 Å². The van der Waals surface area contributed by atoms with Crippen LogP contribution in [0.4, 0.5) is 0 Å². The smallest absolute Gasteiger partial charge is 0.0205 e. The molecule has 6 aliphatic carbocycles. The van der Waals surface area contributed by atoms with Crippen LogP contribution in [0.25, 0.3) is 22.3 Å². The van der Waals surface area contributed by atoms with E-state index in [0.29, 0.717) is 0 Å². The highest BCUT2D eigenvalue weighted by atomic mass is 14.5. The van der Waals surface area contributed by atoms with Gasteiger partial charge in [-0.3, -0.25) is 0 Å². The van der Waals surface area contributed by atoms with E-state index in [4.69, 9.17) is 0 Å². The fourth-order valence-corrected chi connectivity index (χ4v) is 8.22. The minimum atomic E-state index is 0.262. The normalized spacial score (nSPS) is 21.0. The summed E-state index contributed by atoms with van der Waals surface area (Å²) >= 11 is 0. The van der Waals surface area contributed by atoms with Crippen molar-refractivity contribution in [3.63, 3.8) is 0 Å². The zero-order valence-electron chi connectivity index (χ0n) is 22.2. The van der Waals surface area contributed by atoms with Crippen molar-refractivity contribution in [1.82, 2.24) is 0 Å². The average Bonchev–Trinajstić information content (AvgIpc) is 3.02. The van der Waals surface area contributed by atoms with Crippen molar-refractivity contribution in [2.24, 2.45) is 0 Å². The van der Waals surface area contributed by atoms with Gasteiger partial charge < -0.3 is 0 Å². The second-order valence-corrected chi connectivity index (χ2v) is 11.6. The average molecular weight is 509 g/mol. The Morgan fingerprint density at radius 1 is 0.250 bits per heavy atom. The fourth-order valence-electron chi connectivity index (χ4n) is 8.22. The van der Waals surface area contributed by atoms with Crippen molar-refractivity contribution < 1.29 is 0 Å². The molecule has 0 N–H and O–H groups in total. The van der Waals surface area contributed by atoms with E-state index in [1.807, 2.05) is 0 Å². The van der Waals surface area contributed by atoms with Gasteiger partial charge in [-0.15, -0.1) is 0 Å². The number of benzene rings is 6. The zero-order chi connectivity index (χ0) is 26.2. The molecule has 6 aliphatic rings. The molecule has 0 nitrogen and oxygen atoms in total. The molecule has 0 fully saturated rings. The summed E-state index contributed by atoms with van der Waals surface area (Å²) in [5.74, 6) is 1.10. The summed E-state index contributed by atoms with van der Waals surface area (Å²) in [7, 11) is 0. The van der Waals surface area contributed by atoms with Crippen LogP contribution in [0.2, 0.25) is 0 Å². The third kappa shape index (κ3) is 2.97. The highest BCUT2D eigenvalue weighted by molar-refractivity contribution is 5.86. The molecular formula is C40H28. The topological polar surface area (TPSA) is 0 Å². The maximum absolute atomic E-state index is 2.56. The van der Waals surface area contributed by atoms with Crippen molar-refractivity contribution in [1.29, 1.82) is 0 Å². The Kier molecular flexibility index (Phi) is 4.66. The lowest BCUT2D eigenvalue weighted by molar-refractivity contribution is 0.530. The molecule has 0 heteroatoms. The van der Waals surface area contributed by atoms with E-state index in [1.165, 1.54) is 66.8 Å². The first-order valence-electron chi connectivity index (χ1n) is 14.4. The van der Waals surface area contributed by atoms with E-state index >= 15 is 0 Å². The largest absolute Gasteiger partial charge is 0.0622 e. The SMILES string of the molecule is c1ccc(-c2cc3c(cc2-c2ccccc2)[C@@H]2c4ccccc4[C@H]3C3c4ccccc4C2c2ccccc23)cc1. The summed E-state index contributed by atoms with van der Waals surface area (Å²) in [6, 6.07) is 55.0. The van der Waals surface area contributed by atoms with Crippen molar-refractivity contribution in [2.75, 3.05) is 0 Å². The van der Waals surface area contributed by atoms with Crippen LogP contribution < -0.4 is 0 Å². The Labute approximate surface area is 235 Å². The lowest BCUT2D eigenvalue weighted by atomic mass is 9.52. The molecule has 0 saturated heterocycles. The second-order valence-electron chi connectivity index (χ2n) is 11.6. The highest BCUT2D eigenvalue weighted by Crippen LogP contribution is 2.64. The Morgan fingerprint density at radius 2 is 0.500 bits per heavy atom. The molecule has 2 atom stereocenters. The molecule has 0 saturated carbocycles. The zero-order valence-corrected chi connectivity index (χ0v) is 22.2. The molecule has 40 heavy (non-hydrogen) atoms. The second kappa shape index (κ2) is 8.41. The molecule has 4 bridgehead atoms. The van der Waals surface area contributed by atoms with E-state index in [-0.39, 0.29) is 23.7 Å². The number of hydrogen-bond acceptors (Lipinski definition) is 0. The fraction of sp³-hybridized carbons (Fsp3) is 0.100. The number of hydrogen-bond donors (Lipinski definition) is 0. The van der Waals surface area contributed by atoms with Crippen molar-refractivity contribution >= 4 is 0 Å². The maximum Gasteiger partial charge on any atom is 0.0205 e. The van der Waals surface area contributed by atoms with Gasteiger partial charge in [0.2, 0.25) is 0 Å². The third-order valence-electron chi connectivity index (χ3n) is 9.73. The molecule has 0 amide bonds. The van der Waals surface area contributed by atoms with Gasteiger partial charge in [0.1, 0.15) is 0 Å². The van der Waals surface area contributed by atoms with Gasteiger partial charge in [0, 0.05) is 23.7 Å². The Balaban J connectivity index is 1.42. The first-order chi connectivity index (χ1) is 19.9. The molecule has 6 aromatic rings. The molecule has 0 radical (unpaired) electrons. The quantitative estimate of drug-likeness (QED) is 0.218. The van der Waals surface area contributed by atoms with Gasteiger partial charge in [-0.1, -0.05) is 133 Å². The molecule has 188 valence electrons. The van der Waals surface area contributed by atoms with Crippen molar-refractivity contribution in [2.45, 2.75) is 23.7 Å². The Bertz CT molecular complexity index is 1730. The van der Waals surface area contributed by atoms with Crippen LogP contribution in [0.1, 0.15) is 68.2 Å².